The molecule has 1 aromatic rings. The fraction of sp³-hybridized carbons (Fsp3) is 0.795. The summed E-state index contributed by atoms with van der Waals surface area (Å²) in [5.41, 5.74) is 9.95. The Kier molecular flexibility index (Phi) is 10.3. The van der Waals surface area contributed by atoms with Crippen LogP contribution in [-0.4, -0.2) is 58.5 Å². The van der Waals surface area contributed by atoms with Gasteiger partial charge >= 0.3 is 11.9 Å². The summed E-state index contributed by atoms with van der Waals surface area (Å²) in [5.74, 6) is 1.23. The zero-order valence-electron chi connectivity index (χ0n) is 34.7. The molecule has 9 heteroatoms. The number of hydrogen-bond donors (Lipinski definition) is 1. The number of rotatable bonds is 8. The third-order valence-electron chi connectivity index (χ3n) is 16.7. The first-order valence-corrected chi connectivity index (χ1v) is 20.5. The molecule has 0 spiro atoms. The van der Waals surface area contributed by atoms with Gasteiger partial charge in [0.1, 0.15) is 19.3 Å². The number of aromatic nitrogens is 2. The lowest BCUT2D eigenvalue weighted by Crippen LogP contribution is -2.67. The molecule has 0 unspecified atom stereocenters. The Morgan fingerprint density at radius 3 is 2.21 bits per heavy atom. The number of nitrogens with two attached hydrogens (primary N) is 1. The zero-order valence-corrected chi connectivity index (χ0v) is 34.7. The fourth-order valence-electron chi connectivity index (χ4n) is 13.7. The van der Waals surface area contributed by atoms with E-state index in [1.54, 1.807) is 14.0 Å². The van der Waals surface area contributed by atoms with Crippen molar-refractivity contribution in [1.82, 2.24) is 14.9 Å². The van der Waals surface area contributed by atoms with E-state index in [1.165, 1.54) is 10.5 Å². The third kappa shape index (κ3) is 6.17. The average Bonchev–Trinajstić information content (AvgIpc) is 3.48. The van der Waals surface area contributed by atoms with Crippen LogP contribution in [0.3, 0.4) is 0 Å². The number of ether oxygens (including phenoxy) is 2. The Balaban J connectivity index is 1.23. The predicted octanol–water partition coefficient (Wildman–Crippen LogP) is 7.82. The molecule has 0 bridgehead atoms. The Morgan fingerprint density at radius 2 is 1.55 bits per heavy atom. The van der Waals surface area contributed by atoms with Crippen LogP contribution in [0.25, 0.3) is 0 Å². The van der Waals surface area contributed by atoms with Gasteiger partial charge in [-0.25, -0.2) is 0 Å². The summed E-state index contributed by atoms with van der Waals surface area (Å²) in [6, 6.07) is -0.656. The highest BCUT2D eigenvalue weighted by Crippen LogP contribution is 2.77. The summed E-state index contributed by atoms with van der Waals surface area (Å²) in [6.45, 7) is 26.6. The molecule has 5 aliphatic rings. The Hall–Kier alpha value is -2.81. The van der Waals surface area contributed by atoms with E-state index >= 15 is 0 Å². The van der Waals surface area contributed by atoms with E-state index in [0.29, 0.717) is 23.7 Å². The van der Waals surface area contributed by atoms with Crippen molar-refractivity contribution >= 4 is 17.8 Å². The Labute approximate surface area is 319 Å². The summed E-state index contributed by atoms with van der Waals surface area (Å²) in [5, 5.41) is 0. The molecule has 2 N–H and O–H groups in total. The zero-order chi connectivity index (χ0) is 39.1. The summed E-state index contributed by atoms with van der Waals surface area (Å²) in [7, 11) is 1.61. The average molecular weight is 733 g/mol. The lowest BCUT2D eigenvalue weighted by atomic mass is 9.32. The molecule has 9 nitrogen and oxygen atoms in total. The maximum atomic E-state index is 14.5. The molecule has 11 atom stereocenters. The predicted molar refractivity (Wildman–Crippen MR) is 206 cm³/mol. The van der Waals surface area contributed by atoms with Gasteiger partial charge in [0.2, 0.25) is 5.91 Å². The van der Waals surface area contributed by atoms with Gasteiger partial charge in [-0.3, -0.25) is 24.4 Å². The van der Waals surface area contributed by atoms with E-state index in [1.807, 2.05) is 20.8 Å². The maximum absolute atomic E-state index is 14.5. The van der Waals surface area contributed by atoms with Crippen molar-refractivity contribution in [1.29, 1.82) is 0 Å². The van der Waals surface area contributed by atoms with Crippen molar-refractivity contribution in [2.75, 3.05) is 13.6 Å². The van der Waals surface area contributed by atoms with Gasteiger partial charge in [-0.15, -0.1) is 0 Å². The monoisotopic (exact) mass is 733 g/mol. The molecule has 1 aromatic heterocycles. The standard InChI is InChI=1S/C44H68N4O5/c1-25(2)30-15-20-44(39(51)52-24-32-29(6)46-27(4)28(5)47-32)22-21-42(10)31(37(30)44)13-14-34-41(9)18-17-35(40(7,8)33(41)16-19-43(34,42)11)53-36(49)23-48(12)38(50)26(3)45/h26,30-31,33-35,37H,1,13-24,45H2,2-12H3/t26-,30-,31+,33-,34+,35-,37+,41-,42+,43+,44-/m0/s1. The molecule has 1 heterocycles. The van der Waals surface area contributed by atoms with Gasteiger partial charge in [0.15, 0.2) is 0 Å². The summed E-state index contributed by atoms with van der Waals surface area (Å²) < 4.78 is 12.5. The molecular formula is C44H68N4O5. The van der Waals surface area contributed by atoms with E-state index in [9.17, 15) is 14.4 Å². The number of likely N-dealkylation sites (N-methyl/N-ethyl adjacent to an activating group) is 1. The van der Waals surface area contributed by atoms with E-state index in [2.05, 4.69) is 53.1 Å². The minimum absolute atomic E-state index is 0.0432. The smallest absolute Gasteiger partial charge is 0.325 e. The first-order valence-electron chi connectivity index (χ1n) is 20.5. The Bertz CT molecular complexity index is 1660. The van der Waals surface area contributed by atoms with Crippen LogP contribution in [0.15, 0.2) is 12.2 Å². The van der Waals surface area contributed by atoms with Gasteiger partial charge in [0, 0.05) is 12.5 Å². The first-order chi connectivity index (χ1) is 24.6. The van der Waals surface area contributed by atoms with Crippen molar-refractivity contribution in [2.45, 2.75) is 152 Å². The SMILES string of the molecule is C=C(C)[C@@H]1CC[C@]2(C(=O)OCc3nc(C)c(C)nc3C)CC[C@]3(C)[C@H](CC[C@@H]4[C@@]5(C)CC[C@H](OC(=O)CN(C)C(=O)[C@H](C)N)C(C)(C)[C@@H]5CC[C@]43C)[C@@H]12. The van der Waals surface area contributed by atoms with Crippen molar-refractivity contribution in [3.63, 3.8) is 0 Å². The van der Waals surface area contributed by atoms with E-state index in [4.69, 9.17) is 20.2 Å². The van der Waals surface area contributed by atoms with Gasteiger partial charge in [-0.05, 0) is 145 Å². The molecule has 5 aliphatic carbocycles. The molecule has 5 saturated carbocycles. The van der Waals surface area contributed by atoms with Crippen molar-refractivity contribution in [3.8, 4) is 0 Å². The highest BCUT2D eigenvalue weighted by atomic mass is 16.5. The highest BCUT2D eigenvalue weighted by Gasteiger charge is 2.72. The minimum Gasteiger partial charge on any atom is -0.460 e. The van der Waals surface area contributed by atoms with Crippen LogP contribution in [0, 0.1) is 77.4 Å². The summed E-state index contributed by atoms with van der Waals surface area (Å²) in [6.07, 6.45) is 9.87. The normalized spacial score (nSPS) is 39.0. The van der Waals surface area contributed by atoms with Gasteiger partial charge in [0.25, 0.3) is 0 Å². The number of amides is 1. The summed E-state index contributed by atoms with van der Waals surface area (Å²) >= 11 is 0. The van der Waals surface area contributed by atoms with E-state index < -0.39 is 11.5 Å². The molecule has 294 valence electrons. The molecule has 53 heavy (non-hydrogen) atoms. The second kappa shape index (κ2) is 13.7. The van der Waals surface area contributed by atoms with Crippen LogP contribution in [0.5, 0.6) is 0 Å². The molecule has 0 saturated heterocycles. The fourth-order valence-corrected chi connectivity index (χ4v) is 13.7. The molecule has 0 aliphatic heterocycles. The number of nitrogens with zero attached hydrogens (tertiary/aromatic N) is 3. The van der Waals surface area contributed by atoms with Gasteiger partial charge < -0.3 is 20.1 Å². The van der Waals surface area contributed by atoms with Crippen LogP contribution in [0.4, 0.5) is 0 Å². The largest absolute Gasteiger partial charge is 0.460 e. The number of carbonyl (C=O) groups is 3. The van der Waals surface area contributed by atoms with Gasteiger partial charge in [-0.1, -0.05) is 46.8 Å². The highest BCUT2D eigenvalue weighted by molar-refractivity contribution is 5.85. The van der Waals surface area contributed by atoms with Crippen molar-refractivity contribution < 1.29 is 23.9 Å². The lowest BCUT2D eigenvalue weighted by molar-refractivity contribution is -0.251. The van der Waals surface area contributed by atoms with Crippen LogP contribution in [-0.2, 0) is 30.5 Å². The number of fused-ring (bicyclic) bond motifs is 7. The maximum Gasteiger partial charge on any atom is 0.325 e. The number of aryl methyl sites for hydroxylation is 3. The van der Waals surface area contributed by atoms with Crippen LogP contribution in [0.2, 0.25) is 0 Å². The minimum atomic E-state index is -0.656. The van der Waals surface area contributed by atoms with Gasteiger partial charge in [0.05, 0.1) is 34.2 Å². The van der Waals surface area contributed by atoms with Crippen molar-refractivity contribution in [3.05, 3.63) is 34.9 Å². The number of esters is 2. The Morgan fingerprint density at radius 1 is 0.868 bits per heavy atom. The molecule has 1 amide bonds. The quantitative estimate of drug-likeness (QED) is 0.212. The number of carbonyl (C=O) groups excluding carboxylic acids is 3. The lowest BCUT2D eigenvalue weighted by Gasteiger charge is -2.72. The summed E-state index contributed by atoms with van der Waals surface area (Å²) in [4.78, 5) is 50.8. The number of hydrogen-bond acceptors (Lipinski definition) is 8. The van der Waals surface area contributed by atoms with Gasteiger partial charge in [-0.2, -0.15) is 0 Å². The van der Waals surface area contributed by atoms with Crippen LogP contribution >= 0.6 is 0 Å². The second-order valence-electron chi connectivity index (χ2n) is 19.7. The molecule has 0 aromatic carbocycles. The van der Waals surface area contributed by atoms with E-state index in [-0.39, 0.29) is 64.7 Å². The third-order valence-corrected chi connectivity index (χ3v) is 16.7. The topological polar surface area (TPSA) is 125 Å². The second-order valence-corrected chi connectivity index (χ2v) is 19.7. The molecule has 5 fully saturated rings. The van der Waals surface area contributed by atoms with Crippen LogP contribution in [0.1, 0.15) is 135 Å². The number of allylic oxidation sites excluding steroid dienone is 1. The molecule has 0 radical (unpaired) electrons. The van der Waals surface area contributed by atoms with Crippen molar-refractivity contribution in [2.24, 2.45) is 62.4 Å². The first kappa shape index (κ1) is 39.9. The molecular weight excluding hydrogens is 665 g/mol. The van der Waals surface area contributed by atoms with Crippen LogP contribution < -0.4 is 5.73 Å². The van der Waals surface area contributed by atoms with E-state index in [0.717, 1.165) is 87.0 Å². The molecule has 6 rings (SSSR count).